The number of hydrogen-bond acceptors (Lipinski definition) is 3. The van der Waals surface area contributed by atoms with Crippen LogP contribution in [0.25, 0.3) is 10.9 Å². The molecule has 0 saturated heterocycles. The molecule has 0 radical (unpaired) electrons. The summed E-state index contributed by atoms with van der Waals surface area (Å²) in [6.07, 6.45) is 1.85. The summed E-state index contributed by atoms with van der Waals surface area (Å²) in [5, 5.41) is 9.16. The maximum absolute atomic E-state index is 12.1. The van der Waals surface area contributed by atoms with Gasteiger partial charge in [-0.3, -0.25) is 9.78 Å². The number of amides is 3. The Kier molecular flexibility index (Phi) is 5.80. The van der Waals surface area contributed by atoms with E-state index < -0.39 is 0 Å². The van der Waals surface area contributed by atoms with E-state index in [0.717, 1.165) is 15.4 Å². The smallest absolute Gasteiger partial charge is 0.319 e. The Morgan fingerprint density at radius 3 is 2.54 bits per heavy atom. The Balaban J connectivity index is 1.48. The summed E-state index contributed by atoms with van der Waals surface area (Å²) in [7, 11) is 0. The molecule has 26 heavy (non-hydrogen) atoms. The maximum Gasteiger partial charge on any atom is 0.319 e. The van der Waals surface area contributed by atoms with E-state index in [9.17, 15) is 9.59 Å². The lowest BCUT2D eigenvalue weighted by Crippen LogP contribution is -2.31. The molecule has 3 amide bonds. The largest absolute Gasteiger partial charge is 0.337 e. The average Bonchev–Trinajstić information content (AvgIpc) is 2.64. The van der Waals surface area contributed by atoms with E-state index in [2.05, 4.69) is 36.9 Å². The van der Waals surface area contributed by atoms with Crippen molar-refractivity contribution in [2.45, 2.75) is 6.42 Å². The first-order valence-electron chi connectivity index (χ1n) is 8.06. The summed E-state index contributed by atoms with van der Waals surface area (Å²) in [5.74, 6) is -0.188. The lowest BCUT2D eigenvalue weighted by atomic mass is 10.2. The van der Waals surface area contributed by atoms with Crippen molar-refractivity contribution in [1.29, 1.82) is 0 Å². The molecule has 3 rings (SSSR count). The number of fused-ring (bicyclic) bond motifs is 1. The molecule has 0 atom stereocenters. The number of rotatable bonds is 5. The Bertz CT molecular complexity index is 923. The van der Waals surface area contributed by atoms with Crippen LogP contribution < -0.4 is 16.0 Å². The number of urea groups is 1. The molecule has 7 heteroatoms. The number of anilines is 2. The van der Waals surface area contributed by atoms with Gasteiger partial charge in [-0.25, -0.2) is 4.79 Å². The molecule has 2 aromatic carbocycles. The number of halogens is 1. The predicted octanol–water partition coefficient (Wildman–Crippen LogP) is 4.15. The van der Waals surface area contributed by atoms with Crippen LogP contribution >= 0.6 is 15.9 Å². The Morgan fingerprint density at radius 2 is 1.73 bits per heavy atom. The van der Waals surface area contributed by atoms with Crippen LogP contribution in [0.2, 0.25) is 0 Å². The van der Waals surface area contributed by atoms with Crippen molar-refractivity contribution in [2.75, 3.05) is 17.2 Å². The summed E-state index contributed by atoms with van der Waals surface area (Å²) in [6.45, 7) is 0.229. The van der Waals surface area contributed by atoms with E-state index in [-0.39, 0.29) is 24.9 Å². The second-order valence-electron chi connectivity index (χ2n) is 5.57. The lowest BCUT2D eigenvalue weighted by molar-refractivity contribution is -0.116. The van der Waals surface area contributed by atoms with Crippen LogP contribution in [0.1, 0.15) is 6.42 Å². The molecule has 6 nitrogen and oxygen atoms in total. The zero-order valence-electron chi connectivity index (χ0n) is 13.8. The standard InChI is InChI=1S/C19H17BrN4O2/c20-14-6-8-15(9-7-14)23-19(26)22-12-10-17(25)24-16-5-1-3-13-4-2-11-21-18(13)16/h1-9,11H,10,12H2,(H,24,25)(H2,22,23,26). The van der Waals surface area contributed by atoms with Crippen molar-refractivity contribution in [1.82, 2.24) is 10.3 Å². The van der Waals surface area contributed by atoms with Gasteiger partial charge in [0.05, 0.1) is 11.2 Å². The molecule has 1 heterocycles. The molecular formula is C19H17BrN4O2. The van der Waals surface area contributed by atoms with E-state index in [1.165, 1.54) is 0 Å². The summed E-state index contributed by atoms with van der Waals surface area (Å²) >= 11 is 3.33. The van der Waals surface area contributed by atoms with Gasteiger partial charge >= 0.3 is 6.03 Å². The van der Waals surface area contributed by atoms with Crippen molar-refractivity contribution >= 4 is 50.1 Å². The van der Waals surface area contributed by atoms with Gasteiger partial charge in [-0.15, -0.1) is 0 Å². The fourth-order valence-electron chi connectivity index (χ4n) is 2.42. The van der Waals surface area contributed by atoms with Crippen LogP contribution in [-0.4, -0.2) is 23.5 Å². The topological polar surface area (TPSA) is 83.1 Å². The number of hydrogen-bond donors (Lipinski definition) is 3. The monoisotopic (exact) mass is 412 g/mol. The number of carbonyl (C=O) groups is 2. The predicted molar refractivity (Wildman–Crippen MR) is 106 cm³/mol. The SMILES string of the molecule is O=C(CCNC(=O)Nc1ccc(Br)cc1)Nc1cccc2cccnc12. The Hall–Kier alpha value is -2.93. The molecule has 0 aliphatic heterocycles. The number of benzene rings is 2. The van der Waals surface area contributed by atoms with Gasteiger partial charge in [0.15, 0.2) is 0 Å². The van der Waals surface area contributed by atoms with Crippen molar-refractivity contribution < 1.29 is 9.59 Å². The van der Waals surface area contributed by atoms with Gasteiger partial charge in [0.1, 0.15) is 0 Å². The number of nitrogens with zero attached hydrogens (tertiary/aromatic N) is 1. The third kappa shape index (κ3) is 4.80. The molecule has 0 aliphatic carbocycles. The molecule has 0 bridgehead atoms. The molecule has 132 valence electrons. The fourth-order valence-corrected chi connectivity index (χ4v) is 2.68. The highest BCUT2D eigenvalue weighted by atomic mass is 79.9. The maximum atomic E-state index is 12.1. The van der Waals surface area contributed by atoms with Crippen LogP contribution in [0.5, 0.6) is 0 Å². The van der Waals surface area contributed by atoms with Gasteiger partial charge in [0.2, 0.25) is 5.91 Å². The first-order chi connectivity index (χ1) is 12.6. The zero-order chi connectivity index (χ0) is 18.4. The molecule has 0 spiro atoms. The number of pyridine rings is 1. The summed E-state index contributed by atoms with van der Waals surface area (Å²) in [4.78, 5) is 28.3. The summed E-state index contributed by atoms with van der Waals surface area (Å²) in [5.41, 5.74) is 2.08. The Morgan fingerprint density at radius 1 is 0.962 bits per heavy atom. The number of nitrogens with one attached hydrogen (secondary N) is 3. The van der Waals surface area contributed by atoms with Gasteiger partial charge in [-0.05, 0) is 36.4 Å². The molecule has 0 saturated carbocycles. The van der Waals surface area contributed by atoms with E-state index >= 15 is 0 Å². The molecule has 0 unspecified atom stereocenters. The van der Waals surface area contributed by atoms with Gasteiger partial charge in [-0.1, -0.05) is 34.1 Å². The molecular weight excluding hydrogens is 396 g/mol. The van der Waals surface area contributed by atoms with Crippen molar-refractivity contribution in [3.05, 3.63) is 65.3 Å². The van der Waals surface area contributed by atoms with E-state index in [1.54, 1.807) is 24.4 Å². The van der Waals surface area contributed by atoms with Gasteiger partial charge < -0.3 is 16.0 Å². The van der Waals surface area contributed by atoms with E-state index in [1.807, 2.05) is 36.4 Å². The number of carbonyl (C=O) groups excluding carboxylic acids is 2. The first kappa shape index (κ1) is 17.9. The molecule has 0 aliphatic rings. The quantitative estimate of drug-likeness (QED) is 0.588. The number of aromatic nitrogens is 1. The summed E-state index contributed by atoms with van der Waals surface area (Å²) < 4.78 is 0.933. The molecule has 0 fully saturated rings. The van der Waals surface area contributed by atoms with Crippen LogP contribution in [0.15, 0.2) is 65.3 Å². The highest BCUT2D eigenvalue weighted by molar-refractivity contribution is 9.10. The highest BCUT2D eigenvalue weighted by Gasteiger charge is 2.08. The van der Waals surface area contributed by atoms with E-state index in [0.29, 0.717) is 11.4 Å². The lowest BCUT2D eigenvalue weighted by Gasteiger charge is -2.09. The second kappa shape index (κ2) is 8.44. The first-order valence-corrected chi connectivity index (χ1v) is 8.85. The minimum atomic E-state index is -0.355. The average molecular weight is 413 g/mol. The Labute approximate surface area is 159 Å². The third-order valence-corrected chi connectivity index (χ3v) is 4.18. The normalized spacial score (nSPS) is 10.3. The second-order valence-corrected chi connectivity index (χ2v) is 6.48. The zero-order valence-corrected chi connectivity index (χ0v) is 15.4. The van der Waals surface area contributed by atoms with Crippen molar-refractivity contribution in [2.24, 2.45) is 0 Å². The fraction of sp³-hybridized carbons (Fsp3) is 0.105. The number of para-hydroxylation sites is 1. The van der Waals surface area contributed by atoms with Gasteiger partial charge in [0.25, 0.3) is 0 Å². The molecule has 1 aromatic heterocycles. The van der Waals surface area contributed by atoms with Crippen molar-refractivity contribution in [3.63, 3.8) is 0 Å². The minimum absolute atomic E-state index is 0.164. The van der Waals surface area contributed by atoms with Crippen molar-refractivity contribution in [3.8, 4) is 0 Å². The molecule has 3 N–H and O–H groups in total. The van der Waals surface area contributed by atoms with Crippen LogP contribution in [-0.2, 0) is 4.79 Å². The summed E-state index contributed by atoms with van der Waals surface area (Å²) in [6, 6.07) is 16.3. The van der Waals surface area contributed by atoms with E-state index in [4.69, 9.17) is 0 Å². The van der Waals surface area contributed by atoms with Crippen LogP contribution in [0, 0.1) is 0 Å². The molecule has 3 aromatic rings. The van der Waals surface area contributed by atoms with Gasteiger partial charge in [-0.2, -0.15) is 0 Å². The van der Waals surface area contributed by atoms with Crippen LogP contribution in [0.3, 0.4) is 0 Å². The van der Waals surface area contributed by atoms with Gasteiger partial charge in [0, 0.05) is 34.7 Å². The minimum Gasteiger partial charge on any atom is -0.337 e. The van der Waals surface area contributed by atoms with Crippen LogP contribution in [0.4, 0.5) is 16.2 Å². The highest BCUT2D eigenvalue weighted by Crippen LogP contribution is 2.20. The third-order valence-electron chi connectivity index (χ3n) is 3.65.